The van der Waals surface area contributed by atoms with Crippen molar-refractivity contribution in [3.8, 4) is 6.07 Å². The second-order valence-electron chi connectivity index (χ2n) is 5.76. The van der Waals surface area contributed by atoms with E-state index in [0.717, 1.165) is 23.4 Å². The third-order valence-corrected chi connectivity index (χ3v) is 3.46. The van der Waals surface area contributed by atoms with Gasteiger partial charge in [-0.1, -0.05) is 39.8 Å². The van der Waals surface area contributed by atoms with Gasteiger partial charge in [-0.25, -0.2) is 0 Å². The van der Waals surface area contributed by atoms with Crippen LogP contribution in [0.4, 0.5) is 5.69 Å². The molecule has 1 aromatic carbocycles. The zero-order valence-electron chi connectivity index (χ0n) is 11.5. The van der Waals surface area contributed by atoms with Gasteiger partial charge in [0.25, 0.3) is 0 Å². The highest BCUT2D eigenvalue weighted by molar-refractivity contribution is 5.62. The van der Waals surface area contributed by atoms with Crippen LogP contribution in [0.25, 0.3) is 0 Å². The minimum atomic E-state index is 0.280. The van der Waals surface area contributed by atoms with E-state index in [1.165, 1.54) is 0 Å². The van der Waals surface area contributed by atoms with Crippen molar-refractivity contribution >= 4 is 5.69 Å². The predicted molar refractivity (Wildman–Crippen MR) is 73.0 cm³/mol. The number of aryl methyl sites for hydroxylation is 1. The molecule has 0 bridgehead atoms. The second-order valence-corrected chi connectivity index (χ2v) is 5.76. The van der Waals surface area contributed by atoms with E-state index in [4.69, 9.17) is 5.26 Å². The molecule has 1 unspecified atom stereocenters. The third-order valence-electron chi connectivity index (χ3n) is 3.46. The second kappa shape index (κ2) is 5.23. The number of anilines is 1. The van der Waals surface area contributed by atoms with Crippen LogP contribution < -0.4 is 5.32 Å². The molecule has 0 amide bonds. The first-order valence-corrected chi connectivity index (χ1v) is 6.10. The number of nitrogens with one attached hydrogen (secondary N) is 1. The van der Waals surface area contributed by atoms with Crippen molar-refractivity contribution in [3.05, 3.63) is 29.3 Å². The number of nitrogens with zero attached hydrogens (tertiary/aromatic N) is 1. The molecule has 92 valence electrons. The largest absolute Gasteiger partial charge is 0.383 e. The van der Waals surface area contributed by atoms with Crippen LogP contribution in [-0.4, -0.2) is 6.54 Å². The molecule has 0 saturated heterocycles. The molecule has 0 heterocycles. The molecule has 1 N–H and O–H groups in total. The summed E-state index contributed by atoms with van der Waals surface area (Å²) in [7, 11) is 0. The lowest BCUT2D eigenvalue weighted by atomic mass is 9.82. The highest BCUT2D eigenvalue weighted by atomic mass is 14.9. The Morgan fingerprint density at radius 1 is 1.35 bits per heavy atom. The van der Waals surface area contributed by atoms with Crippen LogP contribution in [0.2, 0.25) is 0 Å². The number of hydrogen-bond acceptors (Lipinski definition) is 2. The van der Waals surface area contributed by atoms with Crippen LogP contribution in [0.3, 0.4) is 0 Å². The lowest BCUT2D eigenvalue weighted by Crippen LogP contribution is -2.25. The predicted octanol–water partition coefficient (Wildman–Crippen LogP) is 3.96. The van der Waals surface area contributed by atoms with Gasteiger partial charge in [-0.2, -0.15) is 5.26 Å². The Labute approximate surface area is 105 Å². The van der Waals surface area contributed by atoms with Crippen molar-refractivity contribution in [3.63, 3.8) is 0 Å². The summed E-state index contributed by atoms with van der Waals surface area (Å²) in [5.41, 5.74) is 3.12. The number of hydrogen-bond donors (Lipinski definition) is 1. The minimum Gasteiger partial charge on any atom is -0.383 e. The molecule has 1 atom stereocenters. The first-order chi connectivity index (χ1) is 7.86. The minimum absolute atomic E-state index is 0.280. The summed E-state index contributed by atoms with van der Waals surface area (Å²) in [6, 6.07) is 8.05. The van der Waals surface area contributed by atoms with Crippen molar-refractivity contribution in [1.29, 1.82) is 5.26 Å². The van der Waals surface area contributed by atoms with Crippen LogP contribution in [0.1, 0.15) is 38.8 Å². The average molecular weight is 230 g/mol. The molecule has 0 radical (unpaired) electrons. The first kappa shape index (κ1) is 13.6. The molecule has 0 aliphatic heterocycles. The zero-order valence-corrected chi connectivity index (χ0v) is 11.5. The normalized spacial score (nSPS) is 12.9. The van der Waals surface area contributed by atoms with Crippen LogP contribution in [-0.2, 0) is 0 Å². The first-order valence-electron chi connectivity index (χ1n) is 6.10. The quantitative estimate of drug-likeness (QED) is 0.853. The molecule has 17 heavy (non-hydrogen) atoms. The molecule has 0 aromatic heterocycles. The lowest BCUT2D eigenvalue weighted by molar-refractivity contribution is 0.274. The van der Waals surface area contributed by atoms with Crippen LogP contribution in [0, 0.1) is 29.6 Å². The molecular formula is C15H22N2. The summed E-state index contributed by atoms with van der Waals surface area (Å²) in [6.45, 7) is 11.9. The van der Waals surface area contributed by atoms with Crippen molar-refractivity contribution in [2.75, 3.05) is 11.9 Å². The zero-order chi connectivity index (χ0) is 13.1. The van der Waals surface area contributed by atoms with Crippen LogP contribution in [0.5, 0.6) is 0 Å². The van der Waals surface area contributed by atoms with Crippen LogP contribution >= 0.6 is 0 Å². The van der Waals surface area contributed by atoms with Gasteiger partial charge in [0, 0.05) is 6.54 Å². The Hall–Kier alpha value is -1.49. The maximum Gasteiger partial charge on any atom is 0.101 e. The van der Waals surface area contributed by atoms with Gasteiger partial charge in [-0.3, -0.25) is 0 Å². The van der Waals surface area contributed by atoms with E-state index in [-0.39, 0.29) is 5.41 Å². The molecule has 0 aliphatic rings. The van der Waals surface area contributed by atoms with Gasteiger partial charge in [0.05, 0.1) is 11.3 Å². The molecule has 0 fully saturated rings. The van der Waals surface area contributed by atoms with E-state index < -0.39 is 0 Å². The highest BCUT2D eigenvalue weighted by Crippen LogP contribution is 2.27. The van der Waals surface area contributed by atoms with Crippen molar-refractivity contribution in [2.24, 2.45) is 11.3 Å². The Morgan fingerprint density at radius 2 is 2.00 bits per heavy atom. The summed E-state index contributed by atoms with van der Waals surface area (Å²) in [5, 5.41) is 12.5. The molecule has 0 spiro atoms. The standard InChI is InChI=1S/C15H22N2/c1-11-7-6-8-13(9-16)14(11)17-10-12(2)15(3,4)5/h6-8,12,17H,10H2,1-5H3. The smallest absolute Gasteiger partial charge is 0.101 e. The fourth-order valence-electron chi connectivity index (χ4n) is 1.56. The van der Waals surface area contributed by atoms with Crippen molar-refractivity contribution in [1.82, 2.24) is 0 Å². The maximum atomic E-state index is 9.08. The fraction of sp³-hybridized carbons (Fsp3) is 0.533. The number of nitriles is 1. The van der Waals surface area contributed by atoms with Crippen molar-refractivity contribution < 1.29 is 0 Å². The number of para-hydroxylation sites is 1. The molecule has 0 saturated carbocycles. The molecular weight excluding hydrogens is 208 g/mol. The highest BCUT2D eigenvalue weighted by Gasteiger charge is 2.20. The van der Waals surface area contributed by atoms with Gasteiger partial charge in [0.2, 0.25) is 0 Å². The topological polar surface area (TPSA) is 35.8 Å². The van der Waals surface area contributed by atoms with Gasteiger partial charge in [-0.05, 0) is 29.9 Å². The SMILES string of the molecule is Cc1cccc(C#N)c1NCC(C)C(C)(C)C. The van der Waals surface area contributed by atoms with Crippen molar-refractivity contribution in [2.45, 2.75) is 34.6 Å². The molecule has 1 rings (SSSR count). The fourth-order valence-corrected chi connectivity index (χ4v) is 1.56. The van der Waals surface area contributed by atoms with E-state index >= 15 is 0 Å². The van der Waals surface area contributed by atoms with E-state index in [0.29, 0.717) is 5.92 Å². The summed E-state index contributed by atoms with van der Waals surface area (Å²) < 4.78 is 0. The Bertz CT molecular complexity index is 422. The number of rotatable bonds is 3. The van der Waals surface area contributed by atoms with E-state index in [2.05, 4.69) is 39.1 Å². The monoisotopic (exact) mass is 230 g/mol. The summed E-state index contributed by atoms with van der Waals surface area (Å²) in [5.74, 6) is 0.550. The average Bonchev–Trinajstić information content (AvgIpc) is 2.25. The Kier molecular flexibility index (Phi) is 4.17. The van der Waals surface area contributed by atoms with Gasteiger partial charge >= 0.3 is 0 Å². The molecule has 1 aromatic rings. The third kappa shape index (κ3) is 3.49. The number of benzene rings is 1. The van der Waals surface area contributed by atoms with Gasteiger partial charge < -0.3 is 5.32 Å². The molecule has 0 aliphatic carbocycles. The molecule has 2 heteroatoms. The maximum absolute atomic E-state index is 9.08. The van der Waals surface area contributed by atoms with Gasteiger partial charge in [0.15, 0.2) is 0 Å². The van der Waals surface area contributed by atoms with Crippen LogP contribution in [0.15, 0.2) is 18.2 Å². The molecule has 2 nitrogen and oxygen atoms in total. The van der Waals surface area contributed by atoms with Gasteiger partial charge in [0.1, 0.15) is 6.07 Å². The van der Waals surface area contributed by atoms with Gasteiger partial charge in [-0.15, -0.1) is 0 Å². The van der Waals surface area contributed by atoms with E-state index in [9.17, 15) is 0 Å². The lowest BCUT2D eigenvalue weighted by Gasteiger charge is -2.28. The summed E-state index contributed by atoms with van der Waals surface area (Å²) >= 11 is 0. The Morgan fingerprint density at radius 3 is 2.53 bits per heavy atom. The van der Waals surface area contributed by atoms with E-state index in [1.807, 2.05) is 25.1 Å². The Balaban J connectivity index is 2.80. The summed E-state index contributed by atoms with van der Waals surface area (Å²) in [4.78, 5) is 0. The van der Waals surface area contributed by atoms with E-state index in [1.54, 1.807) is 0 Å². The summed E-state index contributed by atoms with van der Waals surface area (Å²) in [6.07, 6.45) is 0.